The summed E-state index contributed by atoms with van der Waals surface area (Å²) in [5, 5.41) is 11.2. The number of amides is 1. The van der Waals surface area contributed by atoms with Gasteiger partial charge < -0.3 is 14.6 Å². The number of anilines is 1. The van der Waals surface area contributed by atoms with E-state index in [9.17, 15) is 19.5 Å². The number of nitrogens with zero attached hydrogens (tertiary/aromatic N) is 2. The minimum absolute atomic E-state index is 0.0774. The van der Waals surface area contributed by atoms with Crippen LogP contribution in [0.25, 0.3) is 5.76 Å². The van der Waals surface area contributed by atoms with E-state index in [4.69, 9.17) is 9.47 Å². The molecule has 184 valence electrons. The summed E-state index contributed by atoms with van der Waals surface area (Å²) in [4.78, 5) is 44.0. The molecule has 2 aromatic carbocycles. The number of hydrogen-bond donors (Lipinski definition) is 1. The van der Waals surface area contributed by atoms with E-state index < -0.39 is 17.7 Å². The third-order valence-electron chi connectivity index (χ3n) is 5.71. The highest BCUT2D eigenvalue weighted by atomic mass is 79.9. The van der Waals surface area contributed by atoms with Gasteiger partial charge in [-0.2, -0.15) is 0 Å². The van der Waals surface area contributed by atoms with Crippen LogP contribution >= 0.6 is 15.9 Å². The monoisotopic (exact) mass is 550 g/mol. The fraction of sp³-hybridized carbons (Fsp3) is 0.185. The number of ether oxygens (including phenoxy) is 2. The Morgan fingerprint density at radius 1 is 1.11 bits per heavy atom. The van der Waals surface area contributed by atoms with E-state index in [2.05, 4.69) is 20.9 Å². The Balaban J connectivity index is 1.80. The Bertz CT molecular complexity index is 1340. The van der Waals surface area contributed by atoms with Gasteiger partial charge in [0.15, 0.2) is 0 Å². The summed E-state index contributed by atoms with van der Waals surface area (Å²) < 4.78 is 10.8. The first-order valence-electron chi connectivity index (χ1n) is 11.2. The van der Waals surface area contributed by atoms with Crippen LogP contribution in [-0.4, -0.2) is 41.5 Å². The van der Waals surface area contributed by atoms with Gasteiger partial charge in [-0.15, -0.1) is 0 Å². The summed E-state index contributed by atoms with van der Waals surface area (Å²) in [6.45, 7) is 2.02. The molecule has 1 atom stereocenters. The van der Waals surface area contributed by atoms with Gasteiger partial charge in [0.1, 0.15) is 17.6 Å². The molecule has 0 radical (unpaired) electrons. The van der Waals surface area contributed by atoms with Crippen LogP contribution < -0.4 is 9.64 Å². The van der Waals surface area contributed by atoms with E-state index in [0.29, 0.717) is 32.7 Å². The number of Topliss-reactive ketones (excluding diaryl/α,β-unsaturated/α-hetero) is 1. The molecule has 9 heteroatoms. The van der Waals surface area contributed by atoms with Gasteiger partial charge in [-0.25, -0.2) is 0 Å². The molecule has 1 aliphatic rings. The molecule has 36 heavy (non-hydrogen) atoms. The predicted molar refractivity (Wildman–Crippen MR) is 136 cm³/mol. The van der Waals surface area contributed by atoms with Crippen molar-refractivity contribution in [2.24, 2.45) is 0 Å². The van der Waals surface area contributed by atoms with Crippen molar-refractivity contribution in [1.82, 2.24) is 4.98 Å². The Hall–Kier alpha value is -3.98. The molecule has 8 nitrogen and oxygen atoms in total. The van der Waals surface area contributed by atoms with Crippen molar-refractivity contribution in [3.05, 3.63) is 93.7 Å². The van der Waals surface area contributed by atoms with Crippen molar-refractivity contribution in [1.29, 1.82) is 0 Å². The molecule has 2 heterocycles. The SMILES string of the molecule is CCOC(=O)Cc1ccc(N2C(=O)C(=O)/C(=C(\O)c3ccc(OC)c(Br)c3)C2c2ccccn2)cc1. The van der Waals surface area contributed by atoms with Crippen LogP contribution in [0.5, 0.6) is 5.75 Å². The van der Waals surface area contributed by atoms with Gasteiger partial charge in [0, 0.05) is 17.4 Å². The van der Waals surface area contributed by atoms with E-state index in [1.54, 1.807) is 73.8 Å². The van der Waals surface area contributed by atoms with Crippen LogP contribution in [0.2, 0.25) is 0 Å². The number of rotatable bonds is 7. The number of esters is 1. The Kier molecular flexibility index (Phi) is 7.49. The van der Waals surface area contributed by atoms with E-state index >= 15 is 0 Å². The number of aliphatic hydroxyl groups is 1. The molecule has 0 aliphatic carbocycles. The average molecular weight is 551 g/mol. The Morgan fingerprint density at radius 2 is 1.86 bits per heavy atom. The molecule has 1 aliphatic heterocycles. The number of pyridine rings is 1. The maximum Gasteiger partial charge on any atom is 0.310 e. The van der Waals surface area contributed by atoms with Crippen LogP contribution in [0.15, 0.2) is 76.9 Å². The number of halogens is 1. The molecule has 3 aromatic rings. The largest absolute Gasteiger partial charge is 0.507 e. The number of ketones is 1. The number of hydrogen-bond acceptors (Lipinski definition) is 7. The summed E-state index contributed by atoms with van der Waals surface area (Å²) in [6, 6.07) is 15.8. The highest BCUT2D eigenvalue weighted by Gasteiger charge is 2.47. The molecule has 1 unspecified atom stereocenters. The van der Waals surface area contributed by atoms with E-state index in [1.807, 2.05) is 0 Å². The zero-order chi connectivity index (χ0) is 25.8. The molecular formula is C27H23BrN2O6. The van der Waals surface area contributed by atoms with Gasteiger partial charge in [-0.05, 0) is 70.9 Å². The zero-order valence-corrected chi connectivity index (χ0v) is 21.2. The zero-order valence-electron chi connectivity index (χ0n) is 19.6. The molecule has 1 amide bonds. The summed E-state index contributed by atoms with van der Waals surface area (Å²) in [5.41, 5.74) is 1.81. The predicted octanol–water partition coefficient (Wildman–Crippen LogP) is 4.58. The Morgan fingerprint density at radius 3 is 2.47 bits per heavy atom. The molecule has 1 N–H and O–H groups in total. The molecular weight excluding hydrogens is 528 g/mol. The fourth-order valence-corrected chi connectivity index (χ4v) is 4.58. The average Bonchev–Trinajstić information content (AvgIpc) is 3.15. The first-order valence-corrected chi connectivity index (χ1v) is 11.9. The van der Waals surface area contributed by atoms with Gasteiger partial charge >= 0.3 is 5.97 Å². The van der Waals surface area contributed by atoms with Crippen molar-refractivity contribution in [3.63, 3.8) is 0 Å². The first kappa shape index (κ1) is 25.1. The van der Waals surface area contributed by atoms with Crippen LogP contribution in [0.3, 0.4) is 0 Å². The normalized spacial score (nSPS) is 16.8. The highest BCUT2D eigenvalue weighted by molar-refractivity contribution is 9.10. The summed E-state index contributed by atoms with van der Waals surface area (Å²) in [5.74, 6) is -1.75. The molecule has 0 spiro atoms. The van der Waals surface area contributed by atoms with Gasteiger partial charge in [0.25, 0.3) is 11.7 Å². The number of aliphatic hydroxyl groups excluding tert-OH is 1. The number of carbonyl (C=O) groups is 3. The second-order valence-corrected chi connectivity index (χ2v) is 8.78. The van der Waals surface area contributed by atoms with Crippen molar-refractivity contribution in [2.75, 3.05) is 18.6 Å². The van der Waals surface area contributed by atoms with Gasteiger partial charge in [0.05, 0.1) is 35.9 Å². The molecule has 0 bridgehead atoms. The first-order chi connectivity index (χ1) is 17.3. The minimum Gasteiger partial charge on any atom is -0.507 e. The Labute approximate surface area is 216 Å². The topological polar surface area (TPSA) is 106 Å². The third kappa shape index (κ3) is 4.87. The fourth-order valence-electron chi connectivity index (χ4n) is 4.04. The molecule has 1 aromatic heterocycles. The number of benzene rings is 2. The minimum atomic E-state index is -0.956. The lowest BCUT2D eigenvalue weighted by Crippen LogP contribution is -2.29. The molecule has 4 rings (SSSR count). The van der Waals surface area contributed by atoms with Crippen molar-refractivity contribution >= 4 is 45.0 Å². The second-order valence-electron chi connectivity index (χ2n) is 7.92. The quantitative estimate of drug-likeness (QED) is 0.198. The number of aromatic nitrogens is 1. The summed E-state index contributed by atoms with van der Waals surface area (Å²) in [7, 11) is 1.52. The van der Waals surface area contributed by atoms with Crippen LogP contribution in [0.4, 0.5) is 5.69 Å². The van der Waals surface area contributed by atoms with Crippen molar-refractivity contribution in [3.8, 4) is 5.75 Å². The smallest absolute Gasteiger partial charge is 0.310 e. The summed E-state index contributed by atoms with van der Waals surface area (Å²) in [6.07, 6.45) is 1.64. The van der Waals surface area contributed by atoms with E-state index in [-0.39, 0.29) is 30.3 Å². The summed E-state index contributed by atoms with van der Waals surface area (Å²) >= 11 is 3.39. The van der Waals surface area contributed by atoms with Crippen LogP contribution in [0.1, 0.15) is 29.8 Å². The lowest BCUT2D eigenvalue weighted by Gasteiger charge is -2.24. The number of carbonyl (C=O) groups excluding carboxylic acids is 3. The lowest BCUT2D eigenvalue weighted by atomic mass is 9.98. The maximum atomic E-state index is 13.3. The third-order valence-corrected chi connectivity index (χ3v) is 6.33. The van der Waals surface area contributed by atoms with Gasteiger partial charge in [-0.3, -0.25) is 24.3 Å². The standard InChI is InChI=1S/C27H23BrN2O6/c1-3-36-22(31)14-16-7-10-18(11-8-16)30-24(20-6-4-5-13-29-20)23(26(33)27(30)34)25(32)17-9-12-21(35-2)19(28)15-17/h4-13,15,24,32H,3,14H2,1-2H3/b25-23-. The van der Waals surface area contributed by atoms with Gasteiger partial charge in [-0.1, -0.05) is 18.2 Å². The lowest BCUT2D eigenvalue weighted by molar-refractivity contribution is -0.142. The van der Waals surface area contributed by atoms with Crippen LogP contribution in [-0.2, 0) is 25.5 Å². The molecule has 0 saturated carbocycles. The van der Waals surface area contributed by atoms with Crippen molar-refractivity contribution in [2.45, 2.75) is 19.4 Å². The molecule has 1 saturated heterocycles. The van der Waals surface area contributed by atoms with Crippen molar-refractivity contribution < 1.29 is 29.0 Å². The second kappa shape index (κ2) is 10.7. The highest BCUT2D eigenvalue weighted by Crippen LogP contribution is 2.42. The van der Waals surface area contributed by atoms with E-state index in [0.717, 1.165) is 0 Å². The molecule has 1 fully saturated rings. The van der Waals surface area contributed by atoms with Crippen LogP contribution in [0, 0.1) is 0 Å². The van der Waals surface area contributed by atoms with E-state index in [1.165, 1.54) is 12.0 Å². The number of methoxy groups -OCH3 is 1. The maximum absolute atomic E-state index is 13.3. The van der Waals surface area contributed by atoms with Gasteiger partial charge in [0.2, 0.25) is 0 Å².